The fourth-order valence-corrected chi connectivity index (χ4v) is 5.12. The largest absolute Gasteiger partial charge is 0.245 e. The van der Waals surface area contributed by atoms with E-state index in [1.165, 1.54) is 0 Å². The molecule has 0 spiro atoms. The molecule has 0 saturated heterocycles. The van der Waals surface area contributed by atoms with Crippen molar-refractivity contribution in [3.05, 3.63) is 27.8 Å². The van der Waals surface area contributed by atoms with E-state index < -0.39 is 17.9 Å². The van der Waals surface area contributed by atoms with Crippen LogP contribution in [0.15, 0.2) is 4.90 Å². The highest BCUT2D eigenvalue weighted by molar-refractivity contribution is 7.96. The van der Waals surface area contributed by atoms with Gasteiger partial charge in [-0.3, -0.25) is 0 Å². The van der Waals surface area contributed by atoms with Crippen molar-refractivity contribution < 1.29 is 8.42 Å². The number of rotatable bonds is 1. The van der Waals surface area contributed by atoms with Crippen molar-refractivity contribution in [1.82, 2.24) is 0 Å². The number of sulfone groups is 1. The van der Waals surface area contributed by atoms with Gasteiger partial charge in [0, 0.05) is 5.25 Å². The van der Waals surface area contributed by atoms with Crippen LogP contribution in [-0.2, 0) is 9.84 Å². The zero-order chi connectivity index (χ0) is 15.9. The van der Waals surface area contributed by atoms with Crippen LogP contribution in [0, 0.1) is 45.4 Å². The minimum atomic E-state index is -3.54. The highest BCUT2D eigenvalue weighted by Crippen LogP contribution is 2.29. The van der Waals surface area contributed by atoms with Crippen molar-refractivity contribution in [3.8, 4) is 10.8 Å². The Morgan fingerprint density at radius 3 is 1.45 bits per heavy atom. The summed E-state index contributed by atoms with van der Waals surface area (Å²) < 4.78 is 25.2. The molecule has 0 aliphatic rings. The van der Waals surface area contributed by atoms with Crippen LogP contribution in [0.2, 0.25) is 19.6 Å². The van der Waals surface area contributed by atoms with Gasteiger partial charge in [-0.1, -0.05) is 19.6 Å². The monoisotopic (exact) mass is 308 g/mol. The summed E-state index contributed by atoms with van der Waals surface area (Å²) >= 11 is 0. The summed E-state index contributed by atoms with van der Waals surface area (Å²) in [5.74, 6) is 0. The van der Waals surface area contributed by atoms with E-state index in [0.717, 1.165) is 27.8 Å². The van der Waals surface area contributed by atoms with Crippen molar-refractivity contribution in [2.75, 3.05) is 0 Å². The van der Waals surface area contributed by atoms with Crippen LogP contribution >= 0.6 is 0 Å². The molecule has 4 heteroatoms. The van der Waals surface area contributed by atoms with Gasteiger partial charge in [-0.15, -0.1) is 5.54 Å². The van der Waals surface area contributed by atoms with Gasteiger partial charge in [-0.2, -0.15) is 0 Å². The van der Waals surface area contributed by atoms with E-state index in [-0.39, 0.29) is 0 Å². The van der Waals surface area contributed by atoms with Crippen LogP contribution in [0.5, 0.6) is 0 Å². The van der Waals surface area contributed by atoms with Crippen LogP contribution in [0.25, 0.3) is 0 Å². The summed E-state index contributed by atoms with van der Waals surface area (Å²) in [5.41, 5.74) is 7.88. The normalized spacial score (nSPS) is 12.0. The molecule has 0 N–H and O–H groups in total. The summed E-state index contributed by atoms with van der Waals surface area (Å²) in [7, 11) is -5.26. The maximum absolute atomic E-state index is 12.6. The SMILES string of the molecule is Cc1c(C)c(C)c(S(=O)(=O)C#C[Si](C)(C)C)c(C)c1C. The maximum atomic E-state index is 12.6. The first-order valence-electron chi connectivity index (χ1n) is 6.74. The zero-order valence-electron chi connectivity index (χ0n) is 13.7. The molecule has 0 aliphatic heterocycles. The van der Waals surface area contributed by atoms with Crippen LogP contribution in [0.4, 0.5) is 0 Å². The lowest BCUT2D eigenvalue weighted by Crippen LogP contribution is -2.17. The second kappa shape index (κ2) is 5.38. The summed E-state index contributed by atoms with van der Waals surface area (Å²) in [6.07, 6.45) is 0. The Morgan fingerprint density at radius 1 is 0.750 bits per heavy atom. The molecule has 0 atom stereocenters. The molecule has 0 saturated carbocycles. The third-order valence-electron chi connectivity index (χ3n) is 3.76. The van der Waals surface area contributed by atoms with E-state index >= 15 is 0 Å². The molecule has 1 aromatic carbocycles. The summed E-state index contributed by atoms with van der Waals surface area (Å²) in [5, 5.41) is 2.55. The van der Waals surface area contributed by atoms with E-state index in [4.69, 9.17) is 0 Å². The Bertz CT molecular complexity index is 683. The quantitative estimate of drug-likeness (QED) is 0.583. The summed E-state index contributed by atoms with van der Waals surface area (Å²) in [6, 6.07) is 0. The first-order chi connectivity index (χ1) is 8.88. The average molecular weight is 309 g/mol. The molecule has 1 aromatic rings. The van der Waals surface area contributed by atoms with Crippen molar-refractivity contribution in [1.29, 1.82) is 0 Å². The van der Waals surface area contributed by atoms with E-state index in [0.29, 0.717) is 4.90 Å². The molecule has 0 fully saturated rings. The Kier molecular flexibility index (Phi) is 4.57. The maximum Gasteiger partial charge on any atom is 0.245 e. The fraction of sp³-hybridized carbons (Fsp3) is 0.500. The van der Waals surface area contributed by atoms with Gasteiger partial charge in [-0.25, -0.2) is 8.42 Å². The van der Waals surface area contributed by atoms with E-state index in [9.17, 15) is 8.42 Å². The number of hydrogen-bond acceptors (Lipinski definition) is 2. The van der Waals surface area contributed by atoms with Crippen molar-refractivity contribution >= 4 is 17.9 Å². The van der Waals surface area contributed by atoms with Crippen molar-refractivity contribution in [2.24, 2.45) is 0 Å². The molecule has 0 aromatic heterocycles. The van der Waals surface area contributed by atoms with Gasteiger partial charge in [-0.05, 0) is 62.4 Å². The molecular formula is C16H24O2SSi. The predicted molar refractivity (Wildman–Crippen MR) is 88.4 cm³/mol. The zero-order valence-corrected chi connectivity index (χ0v) is 15.5. The van der Waals surface area contributed by atoms with E-state index in [1.54, 1.807) is 0 Å². The topological polar surface area (TPSA) is 34.1 Å². The van der Waals surface area contributed by atoms with Crippen molar-refractivity contribution in [2.45, 2.75) is 59.2 Å². The lowest BCUT2D eigenvalue weighted by atomic mass is 9.95. The molecule has 0 unspecified atom stereocenters. The fourth-order valence-electron chi connectivity index (χ4n) is 2.14. The molecule has 0 heterocycles. The molecule has 0 amide bonds. The molecule has 0 bridgehead atoms. The van der Waals surface area contributed by atoms with E-state index in [1.807, 2.05) is 54.3 Å². The van der Waals surface area contributed by atoms with Crippen molar-refractivity contribution in [3.63, 3.8) is 0 Å². The second-order valence-corrected chi connectivity index (χ2v) is 12.8. The van der Waals surface area contributed by atoms with Gasteiger partial charge in [0.15, 0.2) is 0 Å². The Balaban J connectivity index is 3.67. The van der Waals surface area contributed by atoms with Gasteiger partial charge < -0.3 is 0 Å². The lowest BCUT2D eigenvalue weighted by molar-refractivity contribution is 0.604. The summed E-state index contributed by atoms with van der Waals surface area (Å²) in [6.45, 7) is 15.9. The molecule has 110 valence electrons. The molecule has 2 nitrogen and oxygen atoms in total. The van der Waals surface area contributed by atoms with Crippen LogP contribution in [0.3, 0.4) is 0 Å². The molecule has 0 radical (unpaired) electrons. The highest BCUT2D eigenvalue weighted by atomic mass is 32.2. The van der Waals surface area contributed by atoms with Gasteiger partial charge in [0.2, 0.25) is 9.84 Å². The molecule has 1 rings (SSSR count). The smallest absolute Gasteiger partial charge is 0.210 e. The molecule has 20 heavy (non-hydrogen) atoms. The lowest BCUT2D eigenvalue weighted by Gasteiger charge is -2.17. The summed E-state index contributed by atoms with van der Waals surface area (Å²) in [4.78, 5) is 0.406. The first-order valence-corrected chi connectivity index (χ1v) is 11.7. The predicted octanol–water partition coefficient (Wildman–Crippen LogP) is 3.84. The van der Waals surface area contributed by atoms with Gasteiger partial charge in [0.25, 0.3) is 0 Å². The first kappa shape index (κ1) is 17.0. The van der Waals surface area contributed by atoms with E-state index in [2.05, 4.69) is 10.8 Å². The number of hydrogen-bond donors (Lipinski definition) is 0. The molecular weight excluding hydrogens is 284 g/mol. The Labute approximate surface area is 124 Å². The van der Waals surface area contributed by atoms with Gasteiger partial charge in [0.1, 0.15) is 8.07 Å². The van der Waals surface area contributed by atoms with Crippen LogP contribution in [-0.4, -0.2) is 16.5 Å². The third kappa shape index (κ3) is 3.34. The minimum absolute atomic E-state index is 0.406. The molecule has 0 aliphatic carbocycles. The second-order valence-electron chi connectivity index (χ2n) is 6.43. The Morgan fingerprint density at radius 2 is 1.10 bits per heavy atom. The van der Waals surface area contributed by atoms with Gasteiger partial charge >= 0.3 is 0 Å². The highest BCUT2D eigenvalue weighted by Gasteiger charge is 2.22. The van der Waals surface area contributed by atoms with Crippen LogP contribution < -0.4 is 0 Å². The average Bonchev–Trinajstić information content (AvgIpc) is 2.31. The number of benzene rings is 1. The third-order valence-corrected chi connectivity index (χ3v) is 6.34. The van der Waals surface area contributed by atoms with Gasteiger partial charge in [0.05, 0.1) is 4.90 Å². The minimum Gasteiger partial charge on any atom is -0.210 e. The van der Waals surface area contributed by atoms with Crippen LogP contribution in [0.1, 0.15) is 27.8 Å². The standard InChI is InChI=1S/C16H24O2SSi/c1-11-12(2)14(4)16(15(5)13(11)3)19(17,18)9-10-20(6,7)8/h1-8H3. The Hall–Kier alpha value is -1.05.